The Balaban J connectivity index is 2.12. The van der Waals surface area contributed by atoms with Gasteiger partial charge in [-0.15, -0.1) is 0 Å². The number of nitrogen functional groups attached to an aromatic ring is 1. The fourth-order valence-corrected chi connectivity index (χ4v) is 2.07. The van der Waals surface area contributed by atoms with Crippen molar-refractivity contribution in [1.29, 1.82) is 0 Å². The van der Waals surface area contributed by atoms with E-state index in [2.05, 4.69) is 10.3 Å². The maximum atomic E-state index is 6.12. The minimum Gasteiger partial charge on any atom is -0.383 e. The number of nitrogens with zero attached hydrogens (tertiary/aromatic N) is 2. The average molecular weight is 214 g/mol. The van der Waals surface area contributed by atoms with Gasteiger partial charge in [-0.25, -0.2) is 4.98 Å². The molecule has 1 aliphatic rings. The lowest BCUT2D eigenvalue weighted by molar-refractivity contribution is 0.634. The van der Waals surface area contributed by atoms with Crippen molar-refractivity contribution >= 4 is 11.8 Å². The Morgan fingerprint density at radius 1 is 1.25 bits per heavy atom. The molecule has 0 radical (unpaired) electrons. The smallest absolute Gasteiger partial charge is 0.205 e. The van der Waals surface area contributed by atoms with Crippen LogP contribution < -0.4 is 11.1 Å². The van der Waals surface area contributed by atoms with E-state index in [1.807, 2.05) is 34.9 Å². The summed E-state index contributed by atoms with van der Waals surface area (Å²) in [5, 5.41) is 3.27. The van der Waals surface area contributed by atoms with Crippen LogP contribution in [-0.4, -0.2) is 16.1 Å². The third-order valence-electron chi connectivity index (χ3n) is 2.90. The molecule has 0 amide bonds. The molecule has 82 valence electrons. The van der Waals surface area contributed by atoms with Crippen molar-refractivity contribution < 1.29 is 0 Å². The van der Waals surface area contributed by atoms with Gasteiger partial charge < -0.3 is 11.1 Å². The maximum absolute atomic E-state index is 6.12. The average Bonchev–Trinajstić information content (AvgIpc) is 2.69. The molecule has 1 aromatic carbocycles. The molecule has 2 aromatic rings. The van der Waals surface area contributed by atoms with E-state index in [0.717, 1.165) is 42.5 Å². The normalized spacial score (nSPS) is 14.2. The van der Waals surface area contributed by atoms with E-state index >= 15 is 0 Å². The summed E-state index contributed by atoms with van der Waals surface area (Å²) in [6.07, 6.45) is 1.10. The quantitative estimate of drug-likeness (QED) is 0.762. The Kier molecular flexibility index (Phi) is 2.06. The molecule has 4 heteroatoms. The number of nitrogens with one attached hydrogen (secondary N) is 1. The molecule has 16 heavy (non-hydrogen) atoms. The van der Waals surface area contributed by atoms with Crippen molar-refractivity contribution in [2.45, 2.75) is 13.0 Å². The predicted octanol–water partition coefficient (Wildman–Crippen LogP) is 1.95. The number of imidazole rings is 1. The second-order valence-corrected chi connectivity index (χ2v) is 3.97. The van der Waals surface area contributed by atoms with Crippen LogP contribution in [0.5, 0.6) is 0 Å². The summed E-state index contributed by atoms with van der Waals surface area (Å²) < 4.78 is 2.05. The van der Waals surface area contributed by atoms with Crippen LogP contribution >= 0.6 is 0 Å². The van der Waals surface area contributed by atoms with Crippen molar-refractivity contribution in [2.75, 3.05) is 17.6 Å². The first-order chi connectivity index (χ1) is 7.86. The van der Waals surface area contributed by atoms with Crippen LogP contribution in [0.25, 0.3) is 11.3 Å². The van der Waals surface area contributed by atoms with Crippen LogP contribution in [0.1, 0.15) is 6.42 Å². The van der Waals surface area contributed by atoms with Crippen LogP contribution in [0, 0.1) is 0 Å². The zero-order valence-corrected chi connectivity index (χ0v) is 8.98. The van der Waals surface area contributed by atoms with Gasteiger partial charge >= 0.3 is 0 Å². The molecular weight excluding hydrogens is 200 g/mol. The Labute approximate surface area is 94.1 Å². The van der Waals surface area contributed by atoms with Gasteiger partial charge in [0.1, 0.15) is 11.5 Å². The van der Waals surface area contributed by atoms with Gasteiger partial charge in [0.15, 0.2) is 0 Å². The maximum Gasteiger partial charge on any atom is 0.205 e. The van der Waals surface area contributed by atoms with E-state index < -0.39 is 0 Å². The van der Waals surface area contributed by atoms with Gasteiger partial charge in [0.2, 0.25) is 5.95 Å². The monoisotopic (exact) mass is 214 g/mol. The van der Waals surface area contributed by atoms with Crippen molar-refractivity contribution in [3.05, 3.63) is 30.3 Å². The molecule has 0 saturated heterocycles. The van der Waals surface area contributed by atoms with Gasteiger partial charge in [0.05, 0.1) is 0 Å². The summed E-state index contributed by atoms with van der Waals surface area (Å²) in [6, 6.07) is 10.1. The zero-order chi connectivity index (χ0) is 11.0. The lowest BCUT2D eigenvalue weighted by Crippen LogP contribution is -2.18. The van der Waals surface area contributed by atoms with E-state index in [0.29, 0.717) is 0 Å². The highest BCUT2D eigenvalue weighted by molar-refractivity contribution is 5.73. The van der Waals surface area contributed by atoms with Crippen molar-refractivity contribution in [1.82, 2.24) is 9.55 Å². The summed E-state index contributed by atoms with van der Waals surface area (Å²) in [5.74, 6) is 1.65. The fraction of sp³-hybridized carbons (Fsp3) is 0.250. The Morgan fingerprint density at radius 2 is 2.06 bits per heavy atom. The Bertz CT molecular complexity index is 501. The third kappa shape index (κ3) is 1.34. The number of hydrogen-bond donors (Lipinski definition) is 2. The van der Waals surface area contributed by atoms with E-state index in [1.165, 1.54) is 0 Å². The molecule has 0 fully saturated rings. The van der Waals surface area contributed by atoms with Crippen molar-refractivity contribution in [2.24, 2.45) is 0 Å². The van der Waals surface area contributed by atoms with Crippen LogP contribution in [0.4, 0.5) is 11.8 Å². The molecule has 4 nitrogen and oxygen atoms in total. The molecule has 2 heterocycles. The minimum atomic E-state index is 0.758. The van der Waals surface area contributed by atoms with Crippen LogP contribution in [0.15, 0.2) is 30.3 Å². The van der Waals surface area contributed by atoms with Gasteiger partial charge in [-0.3, -0.25) is 4.57 Å². The topological polar surface area (TPSA) is 55.9 Å². The number of hydrogen-bond acceptors (Lipinski definition) is 3. The van der Waals surface area contributed by atoms with E-state index in [1.54, 1.807) is 0 Å². The molecule has 0 bridgehead atoms. The number of anilines is 2. The number of aromatic nitrogens is 2. The second kappa shape index (κ2) is 3.56. The number of benzene rings is 1. The van der Waals surface area contributed by atoms with Gasteiger partial charge in [0.25, 0.3) is 0 Å². The molecule has 1 aliphatic heterocycles. The predicted molar refractivity (Wildman–Crippen MR) is 65.2 cm³/mol. The molecule has 0 aliphatic carbocycles. The second-order valence-electron chi connectivity index (χ2n) is 3.97. The van der Waals surface area contributed by atoms with Crippen LogP contribution in [0.3, 0.4) is 0 Å². The summed E-state index contributed by atoms with van der Waals surface area (Å²) in [5.41, 5.74) is 8.07. The molecule has 0 spiro atoms. The molecule has 0 atom stereocenters. The minimum absolute atomic E-state index is 0.758. The molecular formula is C12H14N4. The van der Waals surface area contributed by atoms with Gasteiger partial charge in [-0.2, -0.15) is 0 Å². The van der Waals surface area contributed by atoms with Gasteiger partial charge in [-0.1, -0.05) is 30.3 Å². The summed E-state index contributed by atoms with van der Waals surface area (Å²) in [4.78, 5) is 4.55. The highest BCUT2D eigenvalue weighted by Crippen LogP contribution is 2.29. The Hall–Kier alpha value is -1.97. The first kappa shape index (κ1) is 9.27. The lowest BCUT2D eigenvalue weighted by atomic mass is 10.1. The standard InChI is InChI=1S/C12H14N4/c13-11-10(9-5-2-1-3-6-9)15-12-14-7-4-8-16(11)12/h1-3,5-6H,4,7-8,13H2,(H,14,15). The van der Waals surface area contributed by atoms with Crippen molar-refractivity contribution in [3.8, 4) is 11.3 Å². The van der Waals surface area contributed by atoms with Crippen molar-refractivity contribution in [3.63, 3.8) is 0 Å². The first-order valence-corrected chi connectivity index (χ1v) is 5.51. The molecule has 3 N–H and O–H groups in total. The first-order valence-electron chi connectivity index (χ1n) is 5.51. The summed E-state index contributed by atoms with van der Waals surface area (Å²) in [6.45, 7) is 1.93. The highest BCUT2D eigenvalue weighted by Gasteiger charge is 2.17. The molecule has 1 aromatic heterocycles. The summed E-state index contributed by atoms with van der Waals surface area (Å²) in [7, 11) is 0. The molecule has 0 saturated carbocycles. The largest absolute Gasteiger partial charge is 0.383 e. The number of fused-ring (bicyclic) bond motifs is 1. The zero-order valence-electron chi connectivity index (χ0n) is 8.98. The fourth-order valence-electron chi connectivity index (χ4n) is 2.07. The number of rotatable bonds is 1. The molecule has 0 unspecified atom stereocenters. The third-order valence-corrected chi connectivity index (χ3v) is 2.90. The Morgan fingerprint density at radius 3 is 2.81 bits per heavy atom. The van der Waals surface area contributed by atoms with Gasteiger partial charge in [-0.05, 0) is 6.42 Å². The van der Waals surface area contributed by atoms with E-state index in [-0.39, 0.29) is 0 Å². The number of nitrogens with two attached hydrogens (primary N) is 1. The highest BCUT2D eigenvalue weighted by atomic mass is 15.3. The van der Waals surface area contributed by atoms with E-state index in [4.69, 9.17) is 5.73 Å². The SMILES string of the molecule is Nc1c(-c2ccccc2)nc2n1CCCN2. The summed E-state index contributed by atoms with van der Waals surface area (Å²) >= 11 is 0. The van der Waals surface area contributed by atoms with Crippen LogP contribution in [-0.2, 0) is 6.54 Å². The van der Waals surface area contributed by atoms with Gasteiger partial charge in [0, 0.05) is 18.7 Å². The molecule has 3 rings (SSSR count). The van der Waals surface area contributed by atoms with Crippen LogP contribution in [0.2, 0.25) is 0 Å². The van der Waals surface area contributed by atoms with E-state index in [9.17, 15) is 0 Å². The lowest BCUT2D eigenvalue weighted by Gasteiger charge is -2.15.